The van der Waals surface area contributed by atoms with Crippen molar-refractivity contribution in [1.82, 2.24) is 19.0 Å². The fourth-order valence-electron chi connectivity index (χ4n) is 8.37. The van der Waals surface area contributed by atoms with E-state index in [1.807, 2.05) is 24.1 Å². The lowest BCUT2D eigenvalue weighted by atomic mass is 9.94. The highest BCUT2D eigenvalue weighted by molar-refractivity contribution is 6.05. The molecule has 234 valence electrons. The van der Waals surface area contributed by atoms with Crippen molar-refractivity contribution in [2.75, 3.05) is 19.0 Å². The number of ether oxygens (including phenoxy) is 1. The van der Waals surface area contributed by atoms with E-state index in [1.165, 1.54) is 18.4 Å². The second-order valence-electron chi connectivity index (χ2n) is 13.7. The minimum absolute atomic E-state index is 0.000765. The molecular weight excluding hydrogens is 576 g/mol. The highest BCUT2D eigenvalue weighted by Gasteiger charge is 2.47. The highest BCUT2D eigenvalue weighted by Crippen LogP contribution is 2.43. The van der Waals surface area contributed by atoms with E-state index in [1.54, 1.807) is 7.11 Å². The number of nitrogens with one attached hydrogen (secondary N) is 1. The number of hydrogen-bond donors (Lipinski definition) is 2. The van der Waals surface area contributed by atoms with Crippen molar-refractivity contribution in [2.45, 2.75) is 57.2 Å². The number of likely N-dealkylation sites (tertiary alicyclic amines) is 1. The summed E-state index contributed by atoms with van der Waals surface area (Å²) in [6.07, 6.45) is 5.75. The number of methoxy groups -OCH3 is 1. The van der Waals surface area contributed by atoms with Crippen LogP contribution < -0.4 is 15.8 Å². The Balaban J connectivity index is 1.20. The number of aryl methyl sites for hydroxylation is 2. The van der Waals surface area contributed by atoms with Gasteiger partial charge in [-0.1, -0.05) is 36.4 Å². The molecule has 4 heterocycles. The van der Waals surface area contributed by atoms with Gasteiger partial charge in [-0.05, 0) is 67.7 Å². The van der Waals surface area contributed by atoms with E-state index in [9.17, 15) is 9.59 Å². The molecule has 0 unspecified atom stereocenters. The largest absolute Gasteiger partial charge is 0.494 e. The van der Waals surface area contributed by atoms with Crippen LogP contribution in [0.3, 0.4) is 0 Å². The molecule has 4 aliphatic rings. The third-order valence-corrected chi connectivity index (χ3v) is 10.9. The summed E-state index contributed by atoms with van der Waals surface area (Å²) in [5, 5.41) is 4.30. The van der Waals surface area contributed by atoms with Crippen LogP contribution in [-0.4, -0.2) is 56.6 Å². The molecule has 9 nitrogen and oxygen atoms in total. The molecule has 3 aromatic carbocycles. The van der Waals surface area contributed by atoms with Gasteiger partial charge in [-0.15, -0.1) is 0 Å². The number of para-hydroxylation sites is 2. The fraction of sp³-hybridized carbons (Fsp3) is 0.378. The Morgan fingerprint density at radius 2 is 1.85 bits per heavy atom. The second kappa shape index (κ2) is 10.2. The summed E-state index contributed by atoms with van der Waals surface area (Å²) in [4.78, 5) is 33.4. The van der Waals surface area contributed by atoms with Crippen LogP contribution in [0.5, 0.6) is 5.75 Å². The summed E-state index contributed by atoms with van der Waals surface area (Å²) in [6, 6.07) is 18.9. The summed E-state index contributed by atoms with van der Waals surface area (Å²) in [6.45, 7) is 1.61. The van der Waals surface area contributed by atoms with Crippen LogP contribution in [0, 0.1) is 11.8 Å². The number of aromatic nitrogens is 3. The smallest absolute Gasteiger partial charge is 0.254 e. The number of imidazole rings is 1. The molecule has 2 aliphatic heterocycles. The Bertz CT molecular complexity index is 2090. The first-order valence-corrected chi connectivity index (χ1v) is 16.6. The SMILES string of the molecule is COc1cc(C(=O)N2C[C@H]3CC[C@@H]2[C@@H]3N)cc2nc(-c3cc4cccc(-c5cccc6c5NC(=O)CC6)c4n3CC3CC3)n(C)c12. The van der Waals surface area contributed by atoms with Gasteiger partial charge in [0.25, 0.3) is 5.91 Å². The monoisotopic (exact) mass is 614 g/mol. The van der Waals surface area contributed by atoms with Crippen LogP contribution in [0.2, 0.25) is 0 Å². The van der Waals surface area contributed by atoms with Gasteiger partial charge in [0.2, 0.25) is 5.91 Å². The molecule has 3 N–H and O–H groups in total. The summed E-state index contributed by atoms with van der Waals surface area (Å²) in [7, 11) is 3.68. The van der Waals surface area contributed by atoms with E-state index in [0.29, 0.717) is 29.6 Å². The van der Waals surface area contributed by atoms with Gasteiger partial charge in [0, 0.05) is 60.7 Å². The van der Waals surface area contributed by atoms with Crippen molar-refractivity contribution in [1.29, 1.82) is 0 Å². The molecule has 2 bridgehead atoms. The van der Waals surface area contributed by atoms with E-state index >= 15 is 0 Å². The van der Waals surface area contributed by atoms with Crippen molar-refractivity contribution >= 4 is 39.4 Å². The Labute approximate surface area is 267 Å². The molecule has 9 rings (SSSR count). The van der Waals surface area contributed by atoms with Crippen LogP contribution in [-0.2, 0) is 24.8 Å². The number of carbonyl (C=O) groups excluding carboxylic acids is 2. The van der Waals surface area contributed by atoms with Crippen molar-refractivity contribution < 1.29 is 14.3 Å². The summed E-state index contributed by atoms with van der Waals surface area (Å²) < 4.78 is 10.4. The lowest BCUT2D eigenvalue weighted by Crippen LogP contribution is -2.41. The minimum Gasteiger partial charge on any atom is -0.494 e. The zero-order chi connectivity index (χ0) is 31.3. The highest BCUT2D eigenvalue weighted by atomic mass is 16.5. The van der Waals surface area contributed by atoms with Crippen LogP contribution in [0.15, 0.2) is 54.6 Å². The van der Waals surface area contributed by atoms with Crippen LogP contribution in [0.4, 0.5) is 5.69 Å². The molecule has 0 spiro atoms. The van der Waals surface area contributed by atoms with Gasteiger partial charge < -0.3 is 29.8 Å². The molecular formula is C37H38N6O3. The maximum Gasteiger partial charge on any atom is 0.254 e. The van der Waals surface area contributed by atoms with Gasteiger partial charge in [-0.25, -0.2) is 4.98 Å². The van der Waals surface area contributed by atoms with Gasteiger partial charge in [-0.3, -0.25) is 9.59 Å². The summed E-state index contributed by atoms with van der Waals surface area (Å²) in [5.74, 6) is 2.52. The first kappa shape index (κ1) is 27.7. The maximum absolute atomic E-state index is 13.8. The van der Waals surface area contributed by atoms with Crippen molar-refractivity contribution in [3.05, 3.63) is 65.7 Å². The van der Waals surface area contributed by atoms with Crippen molar-refractivity contribution in [3.8, 4) is 28.4 Å². The normalized spacial score (nSPS) is 22.1. The zero-order valence-electron chi connectivity index (χ0n) is 26.3. The Kier molecular flexibility index (Phi) is 6.13. The average Bonchev–Trinajstić information content (AvgIpc) is 3.45. The first-order chi connectivity index (χ1) is 22.4. The Morgan fingerprint density at radius 3 is 2.61 bits per heavy atom. The fourth-order valence-corrected chi connectivity index (χ4v) is 8.37. The van der Waals surface area contributed by atoms with Crippen LogP contribution in [0.1, 0.15) is 48.0 Å². The predicted octanol–water partition coefficient (Wildman–Crippen LogP) is 5.73. The van der Waals surface area contributed by atoms with Gasteiger partial charge in [0.05, 0.1) is 29.5 Å². The Morgan fingerprint density at radius 1 is 1.02 bits per heavy atom. The number of amides is 2. The van der Waals surface area contributed by atoms with E-state index in [2.05, 4.69) is 56.9 Å². The lowest BCUT2D eigenvalue weighted by Gasteiger charge is -2.27. The average molecular weight is 615 g/mol. The molecule has 3 fully saturated rings. The number of rotatable bonds is 6. The minimum atomic E-state index is 0.000765. The number of nitrogens with zero attached hydrogens (tertiary/aromatic N) is 4. The molecule has 2 aromatic heterocycles. The number of anilines is 1. The third-order valence-electron chi connectivity index (χ3n) is 10.9. The van der Waals surface area contributed by atoms with Gasteiger partial charge in [0.15, 0.2) is 5.82 Å². The molecule has 9 heteroatoms. The van der Waals surface area contributed by atoms with Crippen LogP contribution in [0.25, 0.3) is 44.6 Å². The topological polar surface area (TPSA) is 107 Å². The molecule has 46 heavy (non-hydrogen) atoms. The molecule has 5 aromatic rings. The second-order valence-corrected chi connectivity index (χ2v) is 13.7. The zero-order valence-corrected chi connectivity index (χ0v) is 26.3. The van der Waals surface area contributed by atoms with E-state index < -0.39 is 0 Å². The van der Waals surface area contributed by atoms with E-state index in [-0.39, 0.29) is 23.9 Å². The molecule has 1 saturated heterocycles. The number of fused-ring (bicyclic) bond motifs is 5. The summed E-state index contributed by atoms with van der Waals surface area (Å²) >= 11 is 0. The molecule has 3 atom stereocenters. The first-order valence-electron chi connectivity index (χ1n) is 16.6. The number of benzene rings is 3. The third kappa shape index (κ3) is 4.14. The van der Waals surface area contributed by atoms with Gasteiger partial charge >= 0.3 is 0 Å². The van der Waals surface area contributed by atoms with Gasteiger partial charge in [0.1, 0.15) is 11.3 Å². The van der Waals surface area contributed by atoms with Crippen LogP contribution >= 0.6 is 0 Å². The van der Waals surface area contributed by atoms with E-state index in [0.717, 1.165) is 82.6 Å². The van der Waals surface area contributed by atoms with Crippen molar-refractivity contribution in [3.63, 3.8) is 0 Å². The van der Waals surface area contributed by atoms with E-state index in [4.69, 9.17) is 15.5 Å². The maximum atomic E-state index is 13.8. The lowest BCUT2D eigenvalue weighted by molar-refractivity contribution is -0.116. The number of carbonyl (C=O) groups is 2. The molecule has 2 aliphatic carbocycles. The number of nitrogens with two attached hydrogens (primary N) is 1. The quantitative estimate of drug-likeness (QED) is 0.254. The molecule has 2 saturated carbocycles. The molecule has 2 amide bonds. The standard InChI is InChI=1S/C37H38N6O3/c1-41-35-27(15-24(17-30(35)46-2)37(45)43-19-23-11-13-28(43)32(23)38)39-36(41)29-16-22-6-4-8-26(34(22)42(29)18-20-9-10-20)25-7-3-5-21-12-14-31(44)40-33(21)25/h3-8,15-17,20,23,28,32H,9-14,18-19,38H2,1-2H3,(H,40,44)/t23-,28-,32-/m1/s1. The van der Waals surface area contributed by atoms with Gasteiger partial charge in [-0.2, -0.15) is 0 Å². The molecule has 0 radical (unpaired) electrons. The number of hydrogen-bond acceptors (Lipinski definition) is 5. The van der Waals surface area contributed by atoms with Crippen molar-refractivity contribution in [2.24, 2.45) is 24.6 Å². The Hall–Kier alpha value is -4.63. The predicted molar refractivity (Wildman–Crippen MR) is 179 cm³/mol. The number of piperidine rings is 1. The summed E-state index contributed by atoms with van der Waals surface area (Å²) in [5.41, 5.74) is 15.0.